The van der Waals surface area contributed by atoms with Gasteiger partial charge in [0.1, 0.15) is 16.4 Å². The van der Waals surface area contributed by atoms with E-state index in [9.17, 15) is 19.5 Å². The van der Waals surface area contributed by atoms with Crippen LogP contribution < -0.4 is 9.64 Å². The number of ether oxygens (including phenoxy) is 2. The zero-order valence-electron chi connectivity index (χ0n) is 19.6. The SMILES string of the molecule is COC(=O)c1sc(N2C(=O)C(=O)C(=C(O)c3ccc(OC(C)C)cc3)[C@H]2c2ccccc2)nc1C. The molecule has 2 aromatic carbocycles. The van der Waals surface area contributed by atoms with Crippen LogP contribution in [0.5, 0.6) is 5.75 Å². The lowest BCUT2D eigenvalue weighted by Gasteiger charge is -2.23. The molecule has 1 fully saturated rings. The van der Waals surface area contributed by atoms with Crippen molar-refractivity contribution in [3.8, 4) is 5.75 Å². The summed E-state index contributed by atoms with van der Waals surface area (Å²) in [4.78, 5) is 44.4. The minimum atomic E-state index is -0.932. The van der Waals surface area contributed by atoms with Crippen molar-refractivity contribution in [3.63, 3.8) is 0 Å². The van der Waals surface area contributed by atoms with E-state index in [0.717, 1.165) is 11.3 Å². The Balaban J connectivity index is 1.85. The number of amides is 1. The summed E-state index contributed by atoms with van der Waals surface area (Å²) in [6.07, 6.45) is -0.0190. The summed E-state index contributed by atoms with van der Waals surface area (Å²) in [5.74, 6) is -1.96. The van der Waals surface area contributed by atoms with Crippen molar-refractivity contribution in [2.75, 3.05) is 12.0 Å². The van der Waals surface area contributed by atoms with Crippen LogP contribution in [-0.4, -0.2) is 41.0 Å². The number of hydrogen-bond acceptors (Lipinski definition) is 8. The third kappa shape index (κ3) is 4.54. The molecule has 0 saturated carbocycles. The van der Waals surface area contributed by atoms with Crippen LogP contribution in [0.1, 0.15) is 46.4 Å². The van der Waals surface area contributed by atoms with Crippen molar-refractivity contribution < 1.29 is 29.0 Å². The molecule has 0 aliphatic carbocycles. The molecular weight excluding hydrogens is 468 g/mol. The predicted molar refractivity (Wildman–Crippen MR) is 132 cm³/mol. The number of hydrogen-bond donors (Lipinski definition) is 1. The van der Waals surface area contributed by atoms with E-state index in [-0.39, 0.29) is 27.4 Å². The molecule has 1 aliphatic rings. The molecule has 1 atom stereocenters. The van der Waals surface area contributed by atoms with Gasteiger partial charge in [0.2, 0.25) is 0 Å². The monoisotopic (exact) mass is 492 g/mol. The number of carbonyl (C=O) groups excluding carboxylic acids is 3. The normalized spacial score (nSPS) is 17.2. The molecule has 4 rings (SSSR count). The van der Waals surface area contributed by atoms with Gasteiger partial charge in [-0.1, -0.05) is 41.7 Å². The van der Waals surface area contributed by atoms with Crippen LogP contribution in [0.25, 0.3) is 5.76 Å². The number of thiazole rings is 1. The smallest absolute Gasteiger partial charge is 0.350 e. The number of ketones is 1. The van der Waals surface area contributed by atoms with Gasteiger partial charge in [0.25, 0.3) is 5.78 Å². The standard InChI is InChI=1S/C26H24N2O6S/c1-14(2)34-18-12-10-17(11-13-18)21(29)19-20(16-8-6-5-7-9-16)28(24(31)22(19)30)26-27-15(3)23(35-26)25(32)33-4/h5-14,20,29H,1-4H3/t20-/m1/s1. The van der Waals surface area contributed by atoms with Gasteiger partial charge in [0.15, 0.2) is 5.13 Å². The van der Waals surface area contributed by atoms with Crippen molar-refractivity contribution in [1.29, 1.82) is 0 Å². The molecule has 8 nitrogen and oxygen atoms in total. The van der Waals surface area contributed by atoms with E-state index in [1.165, 1.54) is 12.0 Å². The Kier molecular flexibility index (Phi) is 6.70. The average molecular weight is 493 g/mol. The highest BCUT2D eigenvalue weighted by molar-refractivity contribution is 7.17. The molecule has 1 aliphatic heterocycles. The molecule has 180 valence electrons. The van der Waals surface area contributed by atoms with Gasteiger partial charge in [-0.25, -0.2) is 9.78 Å². The van der Waals surface area contributed by atoms with E-state index >= 15 is 0 Å². The van der Waals surface area contributed by atoms with E-state index in [1.54, 1.807) is 55.5 Å². The van der Waals surface area contributed by atoms with Crippen LogP contribution in [0.4, 0.5) is 5.13 Å². The Morgan fingerprint density at radius 1 is 1.09 bits per heavy atom. The Hall–Kier alpha value is -3.98. The third-order valence-electron chi connectivity index (χ3n) is 5.42. The maximum absolute atomic E-state index is 13.2. The van der Waals surface area contributed by atoms with Gasteiger partial charge in [-0.2, -0.15) is 0 Å². The summed E-state index contributed by atoms with van der Waals surface area (Å²) >= 11 is 0.957. The number of rotatable bonds is 6. The van der Waals surface area contributed by atoms with Crippen molar-refractivity contribution in [2.24, 2.45) is 0 Å². The summed E-state index contributed by atoms with van der Waals surface area (Å²) in [5.41, 5.74) is 1.29. The lowest BCUT2D eigenvalue weighted by Crippen LogP contribution is -2.29. The molecule has 35 heavy (non-hydrogen) atoms. The van der Waals surface area contributed by atoms with Crippen LogP contribution in [0, 0.1) is 6.92 Å². The number of Topliss-reactive ketones (excluding diaryl/α,β-unsaturated/α-hetero) is 1. The Labute approximate surface area is 206 Å². The van der Waals surface area contributed by atoms with Crippen LogP contribution >= 0.6 is 11.3 Å². The number of aliphatic hydroxyl groups excluding tert-OH is 1. The second-order valence-electron chi connectivity index (χ2n) is 8.17. The van der Waals surface area contributed by atoms with Gasteiger partial charge in [0.05, 0.1) is 30.5 Å². The fourth-order valence-electron chi connectivity index (χ4n) is 3.87. The largest absolute Gasteiger partial charge is 0.507 e. The van der Waals surface area contributed by atoms with Crippen LogP contribution in [0.3, 0.4) is 0 Å². The fourth-order valence-corrected chi connectivity index (χ4v) is 4.88. The second-order valence-corrected chi connectivity index (χ2v) is 9.15. The number of nitrogens with zero attached hydrogens (tertiary/aromatic N) is 2. The summed E-state index contributed by atoms with van der Waals surface area (Å²) in [6, 6.07) is 14.6. The van der Waals surface area contributed by atoms with Gasteiger partial charge in [-0.15, -0.1) is 0 Å². The zero-order chi connectivity index (χ0) is 25.3. The first kappa shape index (κ1) is 24.2. The summed E-state index contributed by atoms with van der Waals surface area (Å²) in [6.45, 7) is 5.43. The van der Waals surface area contributed by atoms with Gasteiger partial charge in [-0.3, -0.25) is 14.5 Å². The number of aryl methyl sites for hydroxylation is 1. The van der Waals surface area contributed by atoms with Crippen LogP contribution in [0.15, 0.2) is 60.2 Å². The Morgan fingerprint density at radius 2 is 1.74 bits per heavy atom. The molecule has 9 heteroatoms. The highest BCUT2D eigenvalue weighted by Crippen LogP contribution is 2.43. The number of anilines is 1. The molecule has 0 spiro atoms. The quantitative estimate of drug-likeness (QED) is 0.231. The summed E-state index contributed by atoms with van der Waals surface area (Å²) in [7, 11) is 1.26. The van der Waals surface area contributed by atoms with Crippen LogP contribution in [0.2, 0.25) is 0 Å². The molecule has 1 saturated heterocycles. The van der Waals surface area contributed by atoms with Crippen molar-refractivity contribution in [3.05, 3.63) is 81.9 Å². The molecule has 3 aromatic rings. The number of esters is 1. The number of carbonyl (C=O) groups is 3. The molecule has 1 N–H and O–H groups in total. The molecular formula is C26H24N2O6S. The van der Waals surface area contributed by atoms with E-state index in [2.05, 4.69) is 4.98 Å². The minimum absolute atomic E-state index is 0.0190. The topological polar surface area (TPSA) is 106 Å². The number of methoxy groups -OCH3 is 1. The highest BCUT2D eigenvalue weighted by atomic mass is 32.1. The van der Waals surface area contributed by atoms with E-state index in [4.69, 9.17) is 9.47 Å². The molecule has 1 amide bonds. The first-order valence-electron chi connectivity index (χ1n) is 10.9. The maximum Gasteiger partial charge on any atom is 0.350 e. The third-order valence-corrected chi connectivity index (χ3v) is 6.56. The zero-order valence-corrected chi connectivity index (χ0v) is 20.5. The molecule has 1 aromatic heterocycles. The fraction of sp³-hybridized carbons (Fsp3) is 0.231. The molecule has 0 bridgehead atoms. The lowest BCUT2D eigenvalue weighted by molar-refractivity contribution is -0.132. The van der Waals surface area contributed by atoms with Gasteiger partial charge in [-0.05, 0) is 50.6 Å². The summed E-state index contributed by atoms with van der Waals surface area (Å²) < 4.78 is 10.5. The Bertz CT molecular complexity index is 1310. The number of aromatic nitrogens is 1. The lowest BCUT2D eigenvalue weighted by atomic mass is 9.95. The Morgan fingerprint density at radius 3 is 2.34 bits per heavy atom. The minimum Gasteiger partial charge on any atom is -0.507 e. The predicted octanol–water partition coefficient (Wildman–Crippen LogP) is 4.65. The van der Waals surface area contributed by atoms with Crippen molar-refractivity contribution >= 4 is 39.9 Å². The highest BCUT2D eigenvalue weighted by Gasteiger charge is 2.48. The van der Waals surface area contributed by atoms with E-state index in [0.29, 0.717) is 22.6 Å². The van der Waals surface area contributed by atoms with Crippen LogP contribution in [-0.2, 0) is 14.3 Å². The summed E-state index contributed by atoms with van der Waals surface area (Å²) in [5, 5.41) is 11.4. The second kappa shape index (κ2) is 9.71. The number of benzene rings is 2. The molecule has 2 heterocycles. The van der Waals surface area contributed by atoms with E-state index < -0.39 is 23.7 Å². The maximum atomic E-state index is 13.2. The van der Waals surface area contributed by atoms with Gasteiger partial charge >= 0.3 is 11.9 Å². The van der Waals surface area contributed by atoms with Gasteiger partial charge < -0.3 is 14.6 Å². The first-order valence-corrected chi connectivity index (χ1v) is 11.7. The first-order chi connectivity index (χ1) is 16.7. The van der Waals surface area contributed by atoms with Gasteiger partial charge in [0, 0.05) is 5.56 Å². The number of aliphatic hydroxyl groups is 1. The van der Waals surface area contributed by atoms with Crippen molar-refractivity contribution in [2.45, 2.75) is 32.9 Å². The van der Waals surface area contributed by atoms with Crippen molar-refractivity contribution in [1.82, 2.24) is 4.98 Å². The van der Waals surface area contributed by atoms with E-state index in [1.807, 2.05) is 19.9 Å². The molecule has 0 radical (unpaired) electrons. The average Bonchev–Trinajstić information content (AvgIpc) is 3.35. The molecule has 0 unspecified atom stereocenters.